The Morgan fingerprint density at radius 3 is 2.69 bits per heavy atom. The van der Waals surface area contributed by atoms with Crippen molar-refractivity contribution in [2.24, 2.45) is 0 Å². The van der Waals surface area contributed by atoms with Gasteiger partial charge in [0.1, 0.15) is 5.82 Å². The normalized spacial score (nSPS) is 20.6. The second kappa shape index (κ2) is 7.32. The van der Waals surface area contributed by atoms with Gasteiger partial charge in [-0.15, -0.1) is 5.10 Å². The highest BCUT2D eigenvalue weighted by Gasteiger charge is 2.42. The highest BCUT2D eigenvalue weighted by Crippen LogP contribution is 2.43. The second-order valence-electron chi connectivity index (χ2n) is 7.47. The summed E-state index contributed by atoms with van der Waals surface area (Å²) in [6.45, 7) is 4.66. The molecule has 0 saturated carbocycles. The van der Waals surface area contributed by atoms with Gasteiger partial charge in [-0.25, -0.2) is 9.37 Å². The predicted octanol–water partition coefficient (Wildman–Crippen LogP) is 3.13. The largest absolute Gasteiger partial charge is 0.492 e. The lowest BCUT2D eigenvalue weighted by Gasteiger charge is -2.41. The lowest BCUT2D eigenvalue weighted by atomic mass is 9.97. The maximum absolute atomic E-state index is 14.0. The fourth-order valence-electron chi connectivity index (χ4n) is 4.23. The standard InChI is InChI=1S/C20H23FN4O3S/c1-2-15-22-19-25(23-15)18(26)17(29-19)16(13-4-3-5-14(21)12-13)24-8-6-20(7-9-24)27-10-11-28-20/h3-5,12,16,26H,2,6-11H2,1H3/t16-/m1/s1. The molecule has 0 aliphatic carbocycles. The van der Waals surface area contributed by atoms with Crippen LogP contribution in [0.5, 0.6) is 5.88 Å². The average Bonchev–Trinajstić information content (AvgIpc) is 3.42. The number of aryl methyl sites for hydroxylation is 1. The Balaban J connectivity index is 1.53. The highest BCUT2D eigenvalue weighted by atomic mass is 32.1. The van der Waals surface area contributed by atoms with Crippen molar-refractivity contribution in [3.63, 3.8) is 0 Å². The third kappa shape index (κ3) is 3.31. The first kappa shape index (κ1) is 18.9. The maximum atomic E-state index is 14.0. The van der Waals surface area contributed by atoms with E-state index in [4.69, 9.17) is 9.47 Å². The van der Waals surface area contributed by atoms with Crippen LogP contribution in [0.2, 0.25) is 0 Å². The van der Waals surface area contributed by atoms with E-state index in [1.54, 1.807) is 6.07 Å². The van der Waals surface area contributed by atoms with Gasteiger partial charge in [0, 0.05) is 32.4 Å². The van der Waals surface area contributed by atoms with Crippen molar-refractivity contribution in [1.29, 1.82) is 0 Å². The molecule has 0 amide bonds. The fourth-order valence-corrected chi connectivity index (χ4v) is 5.37. The first-order chi connectivity index (χ1) is 14.1. The number of fused-ring (bicyclic) bond motifs is 1. The number of halogens is 1. The Bertz CT molecular complexity index is 1020. The summed E-state index contributed by atoms with van der Waals surface area (Å²) < 4.78 is 27.2. The van der Waals surface area contributed by atoms with Crippen molar-refractivity contribution in [3.05, 3.63) is 46.3 Å². The zero-order chi connectivity index (χ0) is 20.0. The van der Waals surface area contributed by atoms with Crippen molar-refractivity contribution < 1.29 is 19.0 Å². The molecule has 2 aliphatic heterocycles. The lowest BCUT2D eigenvalue weighted by Crippen LogP contribution is -2.46. The zero-order valence-corrected chi connectivity index (χ0v) is 17.0. The number of piperidine rings is 1. The number of ether oxygens (including phenoxy) is 2. The summed E-state index contributed by atoms with van der Waals surface area (Å²) in [5.74, 6) is -0.0289. The van der Waals surface area contributed by atoms with Crippen LogP contribution in [0, 0.1) is 5.82 Å². The number of thiazole rings is 1. The van der Waals surface area contributed by atoms with Crippen molar-refractivity contribution in [2.75, 3.05) is 26.3 Å². The van der Waals surface area contributed by atoms with E-state index >= 15 is 0 Å². The summed E-state index contributed by atoms with van der Waals surface area (Å²) in [4.78, 5) is 8.10. The minimum absolute atomic E-state index is 0.0696. The third-order valence-electron chi connectivity index (χ3n) is 5.71. The van der Waals surface area contributed by atoms with E-state index < -0.39 is 5.79 Å². The summed E-state index contributed by atoms with van der Waals surface area (Å²) in [5.41, 5.74) is 0.796. The van der Waals surface area contributed by atoms with E-state index in [1.807, 2.05) is 13.0 Å². The number of benzene rings is 1. The third-order valence-corrected chi connectivity index (χ3v) is 6.78. The number of hydrogen-bond donors (Lipinski definition) is 1. The van der Waals surface area contributed by atoms with E-state index in [0.717, 1.165) is 23.3 Å². The van der Waals surface area contributed by atoms with Crippen LogP contribution in [-0.2, 0) is 15.9 Å². The SMILES string of the molecule is CCc1nc2sc([C@@H](c3cccc(F)c3)N3CCC4(CC3)OCCO4)c(O)n2n1. The molecule has 4 heterocycles. The van der Waals surface area contributed by atoms with E-state index in [-0.39, 0.29) is 17.7 Å². The zero-order valence-electron chi connectivity index (χ0n) is 16.2. The molecule has 7 nitrogen and oxygen atoms in total. The van der Waals surface area contributed by atoms with Crippen molar-refractivity contribution >= 4 is 16.3 Å². The summed E-state index contributed by atoms with van der Waals surface area (Å²) in [6.07, 6.45) is 2.17. The molecule has 9 heteroatoms. The number of aromatic hydroxyl groups is 1. The van der Waals surface area contributed by atoms with Crippen molar-refractivity contribution in [2.45, 2.75) is 38.0 Å². The fraction of sp³-hybridized carbons (Fsp3) is 0.500. The molecule has 154 valence electrons. The molecule has 0 radical (unpaired) electrons. The molecule has 1 atom stereocenters. The lowest BCUT2D eigenvalue weighted by molar-refractivity contribution is -0.187. The quantitative estimate of drug-likeness (QED) is 0.702. The van der Waals surface area contributed by atoms with E-state index in [9.17, 15) is 9.50 Å². The molecule has 29 heavy (non-hydrogen) atoms. The molecule has 1 N–H and O–H groups in total. The molecule has 2 fully saturated rings. The Kier molecular flexibility index (Phi) is 4.78. The molecule has 1 spiro atoms. The number of likely N-dealkylation sites (tertiary alicyclic amines) is 1. The number of hydrogen-bond acceptors (Lipinski definition) is 7. The molecule has 1 aromatic carbocycles. The molecular formula is C20H23FN4O3S. The van der Waals surface area contributed by atoms with Crippen molar-refractivity contribution in [1.82, 2.24) is 19.5 Å². The summed E-state index contributed by atoms with van der Waals surface area (Å²) >= 11 is 1.40. The Labute approximate surface area is 171 Å². The Morgan fingerprint density at radius 2 is 2.03 bits per heavy atom. The van der Waals surface area contributed by atoms with Crippen LogP contribution < -0.4 is 0 Å². The molecule has 2 aliphatic rings. The molecule has 0 unspecified atom stereocenters. The average molecular weight is 418 g/mol. The summed E-state index contributed by atoms with van der Waals surface area (Å²) in [5, 5.41) is 15.3. The van der Waals surface area contributed by atoms with Gasteiger partial charge in [0.05, 0.1) is 24.1 Å². The monoisotopic (exact) mass is 418 g/mol. The van der Waals surface area contributed by atoms with Crippen LogP contribution in [0.15, 0.2) is 24.3 Å². The van der Waals surface area contributed by atoms with Gasteiger partial charge in [-0.2, -0.15) is 4.52 Å². The van der Waals surface area contributed by atoms with Crippen LogP contribution in [0.1, 0.15) is 42.1 Å². The predicted molar refractivity (Wildman–Crippen MR) is 106 cm³/mol. The summed E-state index contributed by atoms with van der Waals surface area (Å²) in [6, 6.07) is 6.28. The first-order valence-electron chi connectivity index (χ1n) is 9.93. The van der Waals surface area contributed by atoms with Gasteiger partial charge in [0.15, 0.2) is 11.6 Å². The number of rotatable bonds is 4. The molecule has 3 aromatic rings. The van der Waals surface area contributed by atoms with Crippen LogP contribution in [0.4, 0.5) is 4.39 Å². The maximum Gasteiger partial charge on any atom is 0.230 e. The van der Waals surface area contributed by atoms with Gasteiger partial charge in [-0.05, 0) is 17.7 Å². The molecular weight excluding hydrogens is 395 g/mol. The minimum Gasteiger partial charge on any atom is -0.492 e. The van der Waals surface area contributed by atoms with Gasteiger partial charge < -0.3 is 14.6 Å². The van der Waals surface area contributed by atoms with E-state index in [0.29, 0.717) is 43.5 Å². The minimum atomic E-state index is -0.493. The molecule has 5 rings (SSSR count). The van der Waals surface area contributed by atoms with Crippen LogP contribution in [0.3, 0.4) is 0 Å². The number of nitrogens with zero attached hydrogens (tertiary/aromatic N) is 4. The Hall–Kier alpha value is -2.07. The van der Waals surface area contributed by atoms with E-state index in [1.165, 1.54) is 28.0 Å². The van der Waals surface area contributed by atoms with Gasteiger partial charge in [0.2, 0.25) is 10.8 Å². The van der Waals surface area contributed by atoms with Gasteiger partial charge in [-0.1, -0.05) is 30.4 Å². The Morgan fingerprint density at radius 1 is 1.28 bits per heavy atom. The molecule has 2 aromatic heterocycles. The topological polar surface area (TPSA) is 72.1 Å². The van der Waals surface area contributed by atoms with Crippen molar-refractivity contribution in [3.8, 4) is 5.88 Å². The van der Waals surface area contributed by atoms with Crippen LogP contribution >= 0.6 is 11.3 Å². The highest BCUT2D eigenvalue weighted by molar-refractivity contribution is 7.17. The van der Waals surface area contributed by atoms with Gasteiger partial charge in [-0.3, -0.25) is 4.90 Å². The van der Waals surface area contributed by atoms with Gasteiger partial charge in [0.25, 0.3) is 0 Å². The first-order valence-corrected chi connectivity index (χ1v) is 10.7. The molecule has 0 bridgehead atoms. The molecule has 2 saturated heterocycles. The summed E-state index contributed by atoms with van der Waals surface area (Å²) in [7, 11) is 0. The second-order valence-corrected chi connectivity index (χ2v) is 8.48. The smallest absolute Gasteiger partial charge is 0.230 e. The van der Waals surface area contributed by atoms with Crippen LogP contribution in [-0.4, -0.2) is 56.7 Å². The van der Waals surface area contributed by atoms with E-state index in [2.05, 4.69) is 15.0 Å². The van der Waals surface area contributed by atoms with Crippen LogP contribution in [0.25, 0.3) is 4.96 Å². The number of aromatic nitrogens is 3. The van der Waals surface area contributed by atoms with Gasteiger partial charge >= 0.3 is 0 Å².